The Labute approximate surface area is 130 Å². The molecule has 1 heterocycles. The lowest BCUT2D eigenvalue weighted by Crippen LogP contribution is -2.30. The number of nitrogens with zero attached hydrogens (tertiary/aromatic N) is 1. The molecule has 2 aliphatic rings. The molecule has 1 aromatic rings. The second-order valence-corrected chi connectivity index (χ2v) is 6.41. The summed E-state index contributed by atoms with van der Waals surface area (Å²) in [6, 6.07) is 4.54. The lowest BCUT2D eigenvalue weighted by Gasteiger charge is -2.17. The van der Waals surface area contributed by atoms with Crippen LogP contribution in [0.15, 0.2) is 18.2 Å². The van der Waals surface area contributed by atoms with Gasteiger partial charge in [-0.2, -0.15) is 0 Å². The molecule has 4 nitrogen and oxygen atoms in total. The van der Waals surface area contributed by atoms with Crippen LogP contribution in [0.3, 0.4) is 0 Å². The quantitative estimate of drug-likeness (QED) is 0.876. The first-order valence-electron chi connectivity index (χ1n) is 8.03. The molecular formula is C17H23FN2O2. The maximum Gasteiger partial charge on any atom is 0.253 e. The van der Waals surface area contributed by atoms with E-state index < -0.39 is 0 Å². The minimum atomic E-state index is -0.311. The smallest absolute Gasteiger partial charge is 0.253 e. The number of carbonyl (C=O) groups excluding carboxylic acids is 1. The van der Waals surface area contributed by atoms with E-state index in [0.29, 0.717) is 42.7 Å². The lowest BCUT2D eigenvalue weighted by molar-refractivity contribution is 0.0786. The average molecular weight is 306 g/mol. The van der Waals surface area contributed by atoms with Crippen molar-refractivity contribution < 1.29 is 13.9 Å². The maximum atomic E-state index is 13.8. The molecule has 120 valence electrons. The average Bonchev–Trinajstić information content (AvgIpc) is 3.22. The van der Waals surface area contributed by atoms with Gasteiger partial charge in [-0.15, -0.1) is 0 Å². The van der Waals surface area contributed by atoms with Gasteiger partial charge in [0.05, 0.1) is 6.61 Å². The molecule has 1 atom stereocenters. The second-order valence-electron chi connectivity index (χ2n) is 6.41. The fourth-order valence-corrected chi connectivity index (χ4v) is 2.83. The van der Waals surface area contributed by atoms with Gasteiger partial charge in [0, 0.05) is 30.8 Å². The van der Waals surface area contributed by atoms with Crippen LogP contribution in [0.4, 0.5) is 4.39 Å². The summed E-state index contributed by atoms with van der Waals surface area (Å²) < 4.78 is 19.4. The predicted molar refractivity (Wildman–Crippen MR) is 81.8 cm³/mol. The van der Waals surface area contributed by atoms with Crippen LogP contribution in [0.2, 0.25) is 0 Å². The third-order valence-electron chi connectivity index (χ3n) is 4.51. The number of rotatable bonds is 6. The van der Waals surface area contributed by atoms with Gasteiger partial charge in [-0.25, -0.2) is 4.39 Å². The number of likely N-dealkylation sites (tertiary alicyclic amines) is 1. The Bertz CT molecular complexity index is 545. The molecule has 2 fully saturated rings. The van der Waals surface area contributed by atoms with E-state index >= 15 is 0 Å². The van der Waals surface area contributed by atoms with Crippen molar-refractivity contribution in [2.75, 3.05) is 26.2 Å². The van der Waals surface area contributed by atoms with Gasteiger partial charge < -0.3 is 15.4 Å². The summed E-state index contributed by atoms with van der Waals surface area (Å²) in [4.78, 5) is 14.3. The highest BCUT2D eigenvalue weighted by Gasteiger charge is 2.26. The van der Waals surface area contributed by atoms with Gasteiger partial charge in [0.2, 0.25) is 0 Å². The van der Waals surface area contributed by atoms with Crippen molar-refractivity contribution in [3.63, 3.8) is 0 Å². The molecule has 1 amide bonds. The molecule has 1 aromatic carbocycles. The predicted octanol–water partition coefficient (Wildman–Crippen LogP) is 2.17. The summed E-state index contributed by atoms with van der Waals surface area (Å²) in [5.41, 5.74) is 6.65. The van der Waals surface area contributed by atoms with Gasteiger partial charge in [0.1, 0.15) is 5.82 Å². The van der Waals surface area contributed by atoms with Crippen molar-refractivity contribution in [3.8, 4) is 0 Å². The van der Waals surface area contributed by atoms with Crippen LogP contribution in [0.5, 0.6) is 0 Å². The first-order valence-corrected chi connectivity index (χ1v) is 8.03. The van der Waals surface area contributed by atoms with Crippen LogP contribution in [-0.2, 0) is 11.3 Å². The summed E-state index contributed by atoms with van der Waals surface area (Å²) in [6.07, 6.45) is 3.36. The van der Waals surface area contributed by atoms with E-state index in [2.05, 4.69) is 0 Å². The minimum absolute atomic E-state index is 0.0422. The Morgan fingerprint density at radius 2 is 2.14 bits per heavy atom. The summed E-state index contributed by atoms with van der Waals surface area (Å²) in [5, 5.41) is 0. The van der Waals surface area contributed by atoms with Crippen LogP contribution >= 0.6 is 0 Å². The molecule has 2 N–H and O–H groups in total. The molecule has 0 radical (unpaired) electrons. The van der Waals surface area contributed by atoms with E-state index in [9.17, 15) is 9.18 Å². The molecular weight excluding hydrogens is 283 g/mol. The SMILES string of the molecule is NCC1CCN(C(=O)c2ccc(F)c(COCC3CC3)c2)C1. The number of amides is 1. The molecule has 22 heavy (non-hydrogen) atoms. The Balaban J connectivity index is 1.63. The molecule has 1 aliphatic carbocycles. The molecule has 3 rings (SSSR count). The van der Waals surface area contributed by atoms with Crippen LogP contribution in [0.25, 0.3) is 0 Å². The molecule has 0 aromatic heterocycles. The fraction of sp³-hybridized carbons (Fsp3) is 0.588. The molecule has 1 saturated heterocycles. The van der Waals surface area contributed by atoms with E-state index in [-0.39, 0.29) is 18.3 Å². The lowest BCUT2D eigenvalue weighted by atomic mass is 10.1. The fourth-order valence-electron chi connectivity index (χ4n) is 2.83. The summed E-state index contributed by atoms with van der Waals surface area (Å²) in [5.74, 6) is 0.671. The molecule has 5 heteroatoms. The first-order chi connectivity index (χ1) is 10.7. The molecule has 0 bridgehead atoms. The number of halogens is 1. The van der Waals surface area contributed by atoms with Crippen molar-refractivity contribution in [1.29, 1.82) is 0 Å². The van der Waals surface area contributed by atoms with E-state index in [1.165, 1.54) is 18.9 Å². The number of hydrogen-bond acceptors (Lipinski definition) is 3. The van der Waals surface area contributed by atoms with Crippen molar-refractivity contribution in [2.45, 2.75) is 25.9 Å². The van der Waals surface area contributed by atoms with Gasteiger partial charge in [0.25, 0.3) is 5.91 Å². The zero-order valence-electron chi connectivity index (χ0n) is 12.8. The standard InChI is InChI=1S/C17H23FN2O2/c18-16-4-3-14(7-15(16)11-22-10-12-1-2-12)17(21)20-6-5-13(8-19)9-20/h3-4,7,12-13H,1-2,5-6,8-11,19H2. The van der Waals surface area contributed by atoms with E-state index in [1.807, 2.05) is 0 Å². The Hall–Kier alpha value is -1.46. The summed E-state index contributed by atoms with van der Waals surface area (Å²) >= 11 is 0. The highest BCUT2D eigenvalue weighted by Crippen LogP contribution is 2.29. The van der Waals surface area contributed by atoms with Crippen molar-refractivity contribution in [3.05, 3.63) is 35.1 Å². The molecule has 1 aliphatic heterocycles. The van der Waals surface area contributed by atoms with Crippen LogP contribution < -0.4 is 5.73 Å². The van der Waals surface area contributed by atoms with Crippen molar-refractivity contribution >= 4 is 5.91 Å². The minimum Gasteiger partial charge on any atom is -0.376 e. The Morgan fingerprint density at radius 1 is 1.32 bits per heavy atom. The first kappa shape index (κ1) is 15.4. The topological polar surface area (TPSA) is 55.6 Å². The van der Waals surface area contributed by atoms with E-state index in [1.54, 1.807) is 17.0 Å². The Kier molecular flexibility index (Phi) is 4.74. The van der Waals surface area contributed by atoms with Crippen molar-refractivity contribution in [2.24, 2.45) is 17.6 Å². The third-order valence-corrected chi connectivity index (χ3v) is 4.51. The normalized spacial score (nSPS) is 21.4. The monoisotopic (exact) mass is 306 g/mol. The number of ether oxygens (including phenoxy) is 1. The van der Waals surface area contributed by atoms with Gasteiger partial charge in [-0.05, 0) is 55.8 Å². The van der Waals surface area contributed by atoms with Crippen LogP contribution in [0.1, 0.15) is 35.2 Å². The van der Waals surface area contributed by atoms with Crippen LogP contribution in [0, 0.1) is 17.7 Å². The number of carbonyl (C=O) groups is 1. The summed E-state index contributed by atoms with van der Waals surface area (Å²) in [7, 11) is 0. The number of nitrogens with two attached hydrogens (primary N) is 1. The molecule has 1 saturated carbocycles. The maximum absolute atomic E-state index is 13.8. The van der Waals surface area contributed by atoms with Gasteiger partial charge in [0.15, 0.2) is 0 Å². The van der Waals surface area contributed by atoms with Gasteiger partial charge >= 0.3 is 0 Å². The van der Waals surface area contributed by atoms with E-state index in [0.717, 1.165) is 13.0 Å². The van der Waals surface area contributed by atoms with E-state index in [4.69, 9.17) is 10.5 Å². The van der Waals surface area contributed by atoms with Gasteiger partial charge in [-0.1, -0.05) is 0 Å². The second kappa shape index (κ2) is 6.75. The number of hydrogen-bond donors (Lipinski definition) is 1. The number of benzene rings is 1. The highest BCUT2D eigenvalue weighted by atomic mass is 19.1. The van der Waals surface area contributed by atoms with Crippen molar-refractivity contribution in [1.82, 2.24) is 4.90 Å². The Morgan fingerprint density at radius 3 is 2.82 bits per heavy atom. The largest absolute Gasteiger partial charge is 0.376 e. The van der Waals surface area contributed by atoms with Gasteiger partial charge in [-0.3, -0.25) is 4.79 Å². The van der Waals surface area contributed by atoms with Crippen LogP contribution in [-0.4, -0.2) is 37.0 Å². The highest BCUT2D eigenvalue weighted by molar-refractivity contribution is 5.94. The third kappa shape index (κ3) is 3.65. The zero-order chi connectivity index (χ0) is 15.5. The summed E-state index contributed by atoms with van der Waals surface area (Å²) in [6.45, 7) is 2.94. The molecule has 1 unspecified atom stereocenters. The zero-order valence-corrected chi connectivity index (χ0v) is 12.8. The molecule has 0 spiro atoms.